The second-order valence-corrected chi connectivity index (χ2v) is 9.03. The zero-order valence-corrected chi connectivity index (χ0v) is 20.6. The van der Waals surface area contributed by atoms with E-state index in [9.17, 15) is 9.18 Å². The van der Waals surface area contributed by atoms with Gasteiger partial charge in [0, 0.05) is 53.4 Å². The molecule has 1 fully saturated rings. The Morgan fingerprint density at radius 3 is 2.78 bits per heavy atom. The molecule has 4 aromatic rings. The highest BCUT2D eigenvalue weighted by atomic mass is 35.5. The van der Waals surface area contributed by atoms with Crippen molar-refractivity contribution >= 4 is 45.9 Å². The Kier molecular flexibility index (Phi) is 6.70. The van der Waals surface area contributed by atoms with Crippen LogP contribution in [0.1, 0.15) is 28.9 Å². The van der Waals surface area contributed by atoms with Gasteiger partial charge in [-0.15, -0.1) is 0 Å². The van der Waals surface area contributed by atoms with Crippen LogP contribution in [-0.2, 0) is 4.74 Å². The number of pyridine rings is 2. The molecule has 1 aromatic carbocycles. The lowest BCUT2D eigenvalue weighted by Gasteiger charge is -2.26. The summed E-state index contributed by atoms with van der Waals surface area (Å²) in [6.45, 7) is 3.73. The molecule has 0 unspecified atom stereocenters. The van der Waals surface area contributed by atoms with Crippen molar-refractivity contribution in [1.29, 1.82) is 0 Å². The lowest BCUT2D eigenvalue weighted by molar-refractivity contribution is 0.0302. The number of hydrogen-bond donors (Lipinski definition) is 1. The molecular formula is C25H21Cl2FN4O4. The molecule has 186 valence electrons. The smallest absolute Gasteiger partial charge is 0.255 e. The van der Waals surface area contributed by atoms with Gasteiger partial charge in [0.2, 0.25) is 5.75 Å². The number of carbonyl (C=O) groups excluding carboxylic acids is 1. The number of aromatic nitrogens is 2. The predicted octanol–water partition coefficient (Wildman–Crippen LogP) is 5.53. The van der Waals surface area contributed by atoms with E-state index in [2.05, 4.69) is 9.97 Å². The zero-order valence-electron chi connectivity index (χ0n) is 19.1. The summed E-state index contributed by atoms with van der Waals surface area (Å²) in [5.74, 6) is -0.496. The highest BCUT2D eigenvalue weighted by molar-refractivity contribution is 6.36. The Labute approximate surface area is 215 Å². The van der Waals surface area contributed by atoms with Gasteiger partial charge in [-0.25, -0.2) is 9.37 Å². The molecule has 4 heterocycles. The maximum Gasteiger partial charge on any atom is 0.255 e. The van der Waals surface area contributed by atoms with E-state index in [0.717, 1.165) is 0 Å². The van der Waals surface area contributed by atoms with Gasteiger partial charge in [0.1, 0.15) is 11.9 Å². The highest BCUT2D eigenvalue weighted by Gasteiger charge is 2.24. The monoisotopic (exact) mass is 530 g/mol. The number of rotatable bonds is 5. The van der Waals surface area contributed by atoms with Crippen molar-refractivity contribution in [2.45, 2.75) is 13.0 Å². The first-order chi connectivity index (χ1) is 17.3. The molecule has 0 saturated carbocycles. The number of halogens is 3. The maximum absolute atomic E-state index is 14.0. The summed E-state index contributed by atoms with van der Waals surface area (Å²) in [7, 11) is 0. The number of amides is 1. The van der Waals surface area contributed by atoms with Crippen molar-refractivity contribution in [2.24, 2.45) is 0 Å². The predicted molar refractivity (Wildman–Crippen MR) is 134 cm³/mol. The number of anilines is 1. The van der Waals surface area contributed by atoms with Gasteiger partial charge in [-0.1, -0.05) is 23.2 Å². The molecule has 8 nitrogen and oxygen atoms in total. The second kappa shape index (κ2) is 9.93. The van der Waals surface area contributed by atoms with Crippen molar-refractivity contribution in [3.8, 4) is 16.9 Å². The molecular weight excluding hydrogens is 510 g/mol. The number of morpholine rings is 1. The molecule has 2 N–H and O–H groups in total. The lowest BCUT2D eigenvalue weighted by atomic mass is 10.1. The lowest BCUT2D eigenvalue weighted by Crippen LogP contribution is -2.40. The number of ether oxygens (including phenoxy) is 2. The van der Waals surface area contributed by atoms with Crippen molar-refractivity contribution in [1.82, 2.24) is 14.9 Å². The summed E-state index contributed by atoms with van der Waals surface area (Å²) in [6, 6.07) is 4.34. The third-order valence-corrected chi connectivity index (χ3v) is 6.69. The SMILES string of the molecule is C[C@@H](Oc1c(N)ncc2c(-c3cncc(C(=O)N4CCOCC4)c3)coc12)c1c(Cl)ccc(F)c1Cl. The Morgan fingerprint density at radius 2 is 2.00 bits per heavy atom. The number of carbonyl (C=O) groups is 1. The molecule has 36 heavy (non-hydrogen) atoms. The molecule has 1 aliphatic heterocycles. The largest absolute Gasteiger partial charge is 0.478 e. The fourth-order valence-electron chi connectivity index (χ4n) is 4.12. The standard InChI is InChI=1S/C25H21Cl2FN4O4/c1-13(20-18(26)2-3-19(28)21(20)27)36-23-22-16(11-31-24(23)29)17(12-35-22)14-8-15(10-30-9-14)25(33)32-4-6-34-7-5-32/h2-3,8-13H,4-7H2,1H3,(H2,29,31)/t13-/m1/s1. The Morgan fingerprint density at radius 1 is 1.22 bits per heavy atom. The Balaban J connectivity index is 1.49. The van der Waals surface area contributed by atoms with Crippen molar-refractivity contribution < 1.29 is 23.1 Å². The molecule has 11 heteroatoms. The molecule has 5 rings (SSSR count). The maximum atomic E-state index is 14.0. The summed E-state index contributed by atoms with van der Waals surface area (Å²) in [5, 5.41) is 0.711. The average molecular weight is 531 g/mol. The third-order valence-electron chi connectivity index (χ3n) is 5.98. The summed E-state index contributed by atoms with van der Waals surface area (Å²) in [6.07, 6.45) is 5.47. The average Bonchev–Trinajstić information content (AvgIpc) is 3.33. The second-order valence-electron chi connectivity index (χ2n) is 8.25. The first kappa shape index (κ1) is 24.3. The number of benzene rings is 1. The first-order valence-corrected chi connectivity index (χ1v) is 11.9. The molecule has 0 bridgehead atoms. The number of hydrogen-bond acceptors (Lipinski definition) is 7. The van der Waals surface area contributed by atoms with Crippen LogP contribution in [0.3, 0.4) is 0 Å². The quantitative estimate of drug-likeness (QED) is 0.338. The van der Waals surface area contributed by atoms with E-state index in [1.165, 1.54) is 24.6 Å². The summed E-state index contributed by atoms with van der Waals surface area (Å²) in [5.41, 5.74) is 8.48. The third kappa shape index (κ3) is 4.45. The zero-order chi connectivity index (χ0) is 25.4. The molecule has 1 amide bonds. The Hall–Kier alpha value is -3.40. The molecule has 3 aromatic heterocycles. The summed E-state index contributed by atoms with van der Waals surface area (Å²) >= 11 is 12.4. The molecule has 0 aliphatic carbocycles. The first-order valence-electron chi connectivity index (χ1n) is 11.1. The van der Waals surface area contributed by atoms with Gasteiger partial charge >= 0.3 is 0 Å². The van der Waals surface area contributed by atoms with Gasteiger partial charge in [-0.2, -0.15) is 0 Å². The molecule has 1 aliphatic rings. The minimum Gasteiger partial charge on any atom is -0.478 e. The van der Waals surface area contributed by atoms with E-state index in [-0.39, 0.29) is 33.1 Å². The van der Waals surface area contributed by atoms with Crippen LogP contribution in [0.15, 0.2) is 47.5 Å². The van der Waals surface area contributed by atoms with Gasteiger partial charge in [0.25, 0.3) is 5.91 Å². The van der Waals surface area contributed by atoms with Gasteiger partial charge in [0.15, 0.2) is 11.4 Å². The van der Waals surface area contributed by atoms with Crippen LogP contribution in [0.5, 0.6) is 5.75 Å². The van der Waals surface area contributed by atoms with E-state index in [4.69, 9.17) is 42.8 Å². The molecule has 0 spiro atoms. The van der Waals surface area contributed by atoms with Crippen molar-refractivity contribution in [3.63, 3.8) is 0 Å². The topological polar surface area (TPSA) is 104 Å². The van der Waals surface area contributed by atoms with E-state index in [0.29, 0.717) is 54.0 Å². The van der Waals surface area contributed by atoms with Crippen molar-refractivity contribution in [2.75, 3.05) is 32.0 Å². The summed E-state index contributed by atoms with van der Waals surface area (Å²) < 4.78 is 31.3. The highest BCUT2D eigenvalue weighted by Crippen LogP contribution is 2.41. The minimum atomic E-state index is -0.764. The summed E-state index contributed by atoms with van der Waals surface area (Å²) in [4.78, 5) is 23.2. The molecule has 0 radical (unpaired) electrons. The van der Waals surface area contributed by atoms with E-state index < -0.39 is 11.9 Å². The number of nitrogen functional groups attached to an aromatic ring is 1. The van der Waals surface area contributed by atoms with Crippen molar-refractivity contribution in [3.05, 3.63) is 70.0 Å². The molecule has 1 atom stereocenters. The van der Waals surface area contributed by atoms with Crippen LogP contribution in [-0.4, -0.2) is 47.1 Å². The van der Waals surface area contributed by atoms with Crippen LogP contribution < -0.4 is 10.5 Å². The van der Waals surface area contributed by atoms with Gasteiger partial charge in [-0.3, -0.25) is 9.78 Å². The van der Waals surface area contributed by atoms with Gasteiger partial charge < -0.3 is 24.5 Å². The molecule has 1 saturated heterocycles. The fourth-order valence-corrected chi connectivity index (χ4v) is 4.80. The fraction of sp³-hybridized carbons (Fsp3) is 0.240. The van der Waals surface area contributed by atoms with E-state index >= 15 is 0 Å². The van der Waals surface area contributed by atoms with E-state index in [1.807, 2.05) is 0 Å². The number of nitrogens with two attached hydrogens (primary N) is 1. The van der Waals surface area contributed by atoms with Crippen LogP contribution in [0.25, 0.3) is 22.1 Å². The van der Waals surface area contributed by atoms with Crippen LogP contribution in [0.2, 0.25) is 10.0 Å². The van der Waals surface area contributed by atoms with Crippen LogP contribution >= 0.6 is 23.2 Å². The number of nitrogens with zero attached hydrogens (tertiary/aromatic N) is 3. The number of fused-ring (bicyclic) bond motifs is 1. The minimum absolute atomic E-state index is 0.0771. The van der Waals surface area contributed by atoms with E-state index in [1.54, 1.807) is 30.3 Å². The normalized spacial score (nSPS) is 14.7. The number of furan rings is 1. The van der Waals surface area contributed by atoms with Gasteiger partial charge in [0.05, 0.1) is 35.4 Å². The van der Waals surface area contributed by atoms with Crippen LogP contribution in [0.4, 0.5) is 10.2 Å². The van der Waals surface area contributed by atoms with Crippen LogP contribution in [0, 0.1) is 5.82 Å². The van der Waals surface area contributed by atoms with Gasteiger partial charge in [-0.05, 0) is 25.1 Å². The Bertz CT molecular complexity index is 1460.